The average Bonchev–Trinajstić information content (AvgIpc) is 2.77. The van der Waals surface area contributed by atoms with Gasteiger partial charge in [-0.2, -0.15) is 17.6 Å². The van der Waals surface area contributed by atoms with Gasteiger partial charge in [0.25, 0.3) is 5.91 Å². The van der Waals surface area contributed by atoms with E-state index in [1.165, 1.54) is 18.3 Å². The lowest BCUT2D eigenvalue weighted by Crippen LogP contribution is -2.33. The zero-order valence-electron chi connectivity index (χ0n) is 16.6. The van der Waals surface area contributed by atoms with Gasteiger partial charge in [0, 0.05) is 42.2 Å². The van der Waals surface area contributed by atoms with Gasteiger partial charge < -0.3 is 21.1 Å². The molecule has 3 aromatic rings. The summed E-state index contributed by atoms with van der Waals surface area (Å²) in [5.74, 6) is -0.604. The zero-order chi connectivity index (χ0) is 23.1. The van der Waals surface area contributed by atoms with Crippen LogP contribution in [0.3, 0.4) is 0 Å². The van der Waals surface area contributed by atoms with Gasteiger partial charge in [0.2, 0.25) is 5.95 Å². The molecule has 0 bridgehead atoms. The van der Waals surface area contributed by atoms with Crippen LogP contribution in [-0.2, 0) is 0 Å². The lowest BCUT2D eigenvalue weighted by atomic mass is 10.1. The zero-order valence-corrected chi connectivity index (χ0v) is 16.6. The third kappa shape index (κ3) is 5.91. The van der Waals surface area contributed by atoms with Crippen LogP contribution >= 0.6 is 0 Å². The van der Waals surface area contributed by atoms with Crippen LogP contribution in [0.5, 0.6) is 5.75 Å². The molecule has 2 aromatic carbocycles. The first-order valence-corrected chi connectivity index (χ1v) is 9.42. The van der Waals surface area contributed by atoms with E-state index in [1.54, 1.807) is 30.3 Å². The van der Waals surface area contributed by atoms with Gasteiger partial charge in [-0.05, 0) is 30.3 Å². The monoisotopic (exact) mass is 449 g/mol. The molecule has 4 N–H and O–H groups in total. The molecule has 7 nitrogen and oxygen atoms in total. The lowest BCUT2D eigenvalue weighted by Gasteiger charge is -2.17. The fraction of sp³-hybridized carbons (Fsp3) is 0.190. The summed E-state index contributed by atoms with van der Waals surface area (Å²) >= 11 is 0. The van der Waals surface area contributed by atoms with Crippen molar-refractivity contribution < 1.29 is 27.1 Å². The standard InChI is InChI=1S/C21H19F4N5O2/c22-19(23)21(24,25)32-16-6-2-5-15(12-16)29-20-28-9-7-17(30-20)13-3-1-4-14(11-13)18(31)27-10-8-26/h1-7,9,11-12,19H,8,10,26H2,(H,27,31)(H,28,29,30). The molecule has 32 heavy (non-hydrogen) atoms. The molecule has 0 atom stereocenters. The molecule has 0 unspecified atom stereocenters. The quantitative estimate of drug-likeness (QED) is 0.430. The van der Waals surface area contributed by atoms with E-state index in [4.69, 9.17) is 5.73 Å². The maximum absolute atomic E-state index is 13.1. The van der Waals surface area contributed by atoms with E-state index in [0.29, 0.717) is 29.9 Å². The van der Waals surface area contributed by atoms with Gasteiger partial charge >= 0.3 is 12.5 Å². The molecular weight excluding hydrogens is 430 g/mol. The van der Waals surface area contributed by atoms with Gasteiger partial charge in [0.05, 0.1) is 5.69 Å². The molecule has 1 aromatic heterocycles. The number of benzene rings is 2. The molecule has 0 fully saturated rings. The van der Waals surface area contributed by atoms with Crippen LogP contribution in [0.25, 0.3) is 11.3 Å². The predicted molar refractivity (Wildman–Crippen MR) is 110 cm³/mol. The van der Waals surface area contributed by atoms with Crippen LogP contribution in [0.4, 0.5) is 29.2 Å². The van der Waals surface area contributed by atoms with E-state index in [0.717, 1.165) is 12.1 Å². The van der Waals surface area contributed by atoms with Crippen molar-refractivity contribution in [3.05, 3.63) is 66.4 Å². The molecule has 0 radical (unpaired) electrons. The number of anilines is 2. The largest absolute Gasteiger partial charge is 0.461 e. The fourth-order valence-electron chi connectivity index (χ4n) is 2.66. The van der Waals surface area contributed by atoms with Crippen molar-refractivity contribution >= 4 is 17.5 Å². The molecule has 0 saturated heterocycles. The van der Waals surface area contributed by atoms with Gasteiger partial charge in [-0.15, -0.1) is 0 Å². The molecule has 0 aliphatic rings. The highest BCUT2D eigenvalue weighted by Crippen LogP contribution is 2.29. The van der Waals surface area contributed by atoms with Crippen molar-refractivity contribution in [3.8, 4) is 17.0 Å². The van der Waals surface area contributed by atoms with Gasteiger partial charge in [-0.1, -0.05) is 18.2 Å². The molecule has 168 valence electrons. The second kappa shape index (κ2) is 10.1. The molecule has 0 aliphatic carbocycles. The second-order valence-corrected chi connectivity index (χ2v) is 6.51. The normalized spacial score (nSPS) is 11.3. The highest BCUT2D eigenvalue weighted by molar-refractivity contribution is 5.95. The van der Waals surface area contributed by atoms with Gasteiger partial charge in [0.15, 0.2) is 0 Å². The molecule has 1 heterocycles. The Morgan fingerprint density at radius 3 is 2.66 bits per heavy atom. The van der Waals surface area contributed by atoms with E-state index in [1.807, 2.05) is 0 Å². The number of rotatable bonds is 9. The Morgan fingerprint density at radius 2 is 1.91 bits per heavy atom. The first kappa shape index (κ1) is 22.9. The predicted octanol–water partition coefficient (Wildman–Crippen LogP) is 3.81. The van der Waals surface area contributed by atoms with E-state index in [9.17, 15) is 22.4 Å². The minimum atomic E-state index is -4.61. The number of nitrogens with one attached hydrogen (secondary N) is 2. The third-order valence-corrected chi connectivity index (χ3v) is 4.10. The second-order valence-electron chi connectivity index (χ2n) is 6.51. The van der Waals surface area contributed by atoms with Gasteiger partial charge in [0.1, 0.15) is 5.75 Å². The van der Waals surface area contributed by atoms with Crippen LogP contribution in [0.1, 0.15) is 10.4 Å². The summed E-state index contributed by atoms with van der Waals surface area (Å²) in [5.41, 5.74) is 7.20. The number of alkyl halides is 4. The highest BCUT2D eigenvalue weighted by Gasteiger charge is 2.44. The summed E-state index contributed by atoms with van der Waals surface area (Å²) in [7, 11) is 0. The Labute approximate surface area is 180 Å². The first-order valence-electron chi connectivity index (χ1n) is 9.42. The van der Waals surface area contributed by atoms with Crippen LogP contribution < -0.4 is 21.1 Å². The smallest absolute Gasteiger partial charge is 0.428 e. The summed E-state index contributed by atoms with van der Waals surface area (Å²) in [5, 5.41) is 5.49. The number of halogens is 4. The number of ether oxygens (including phenoxy) is 1. The number of carbonyl (C=O) groups is 1. The topological polar surface area (TPSA) is 102 Å². The van der Waals surface area contributed by atoms with Gasteiger partial charge in [-0.3, -0.25) is 4.79 Å². The average molecular weight is 449 g/mol. The number of hydrogen-bond acceptors (Lipinski definition) is 6. The summed E-state index contributed by atoms with van der Waals surface area (Å²) in [6.45, 7) is 0.662. The van der Waals surface area contributed by atoms with Crippen LogP contribution in [0.15, 0.2) is 60.8 Å². The van der Waals surface area contributed by atoms with Gasteiger partial charge in [-0.25, -0.2) is 9.97 Å². The van der Waals surface area contributed by atoms with Crippen LogP contribution in [0.2, 0.25) is 0 Å². The Balaban J connectivity index is 1.78. The van der Waals surface area contributed by atoms with Crippen LogP contribution in [0, 0.1) is 0 Å². The summed E-state index contributed by atoms with van der Waals surface area (Å²) in [4.78, 5) is 20.6. The van der Waals surface area contributed by atoms with Crippen molar-refractivity contribution in [2.45, 2.75) is 12.5 Å². The Kier molecular flexibility index (Phi) is 7.21. The molecule has 0 spiro atoms. The maximum Gasteiger partial charge on any atom is 0.461 e. The molecule has 11 heteroatoms. The minimum absolute atomic E-state index is 0.123. The number of nitrogens with two attached hydrogens (primary N) is 1. The molecule has 3 rings (SSSR count). The number of hydrogen-bond donors (Lipinski definition) is 3. The molecule has 0 aliphatic heterocycles. The van der Waals surface area contributed by atoms with E-state index in [-0.39, 0.29) is 17.5 Å². The Bertz CT molecular complexity index is 1080. The van der Waals surface area contributed by atoms with Crippen molar-refractivity contribution in [3.63, 3.8) is 0 Å². The van der Waals surface area contributed by atoms with Crippen molar-refractivity contribution in [2.75, 3.05) is 18.4 Å². The molecular formula is C21H19F4N5O2. The summed E-state index contributed by atoms with van der Waals surface area (Å²) < 4.78 is 55.1. The number of aromatic nitrogens is 2. The molecule has 0 saturated carbocycles. The van der Waals surface area contributed by atoms with Crippen LogP contribution in [-0.4, -0.2) is 41.5 Å². The minimum Gasteiger partial charge on any atom is -0.428 e. The first-order chi connectivity index (χ1) is 15.3. The fourth-order valence-corrected chi connectivity index (χ4v) is 2.66. The third-order valence-electron chi connectivity index (χ3n) is 4.10. The summed E-state index contributed by atoms with van der Waals surface area (Å²) in [6.07, 6.45) is -7.11. The number of nitrogens with zero attached hydrogens (tertiary/aromatic N) is 2. The van der Waals surface area contributed by atoms with Crippen molar-refractivity contribution in [1.82, 2.24) is 15.3 Å². The highest BCUT2D eigenvalue weighted by atomic mass is 19.3. The number of carbonyl (C=O) groups excluding carboxylic acids is 1. The lowest BCUT2D eigenvalue weighted by molar-refractivity contribution is -0.253. The SMILES string of the molecule is NCCNC(=O)c1cccc(-c2ccnc(Nc3cccc(OC(F)(F)C(F)F)c3)n2)c1. The van der Waals surface area contributed by atoms with E-state index >= 15 is 0 Å². The maximum atomic E-state index is 13.1. The van der Waals surface area contributed by atoms with Crippen molar-refractivity contribution in [2.24, 2.45) is 5.73 Å². The Morgan fingerprint density at radius 1 is 1.12 bits per heavy atom. The van der Waals surface area contributed by atoms with E-state index in [2.05, 4.69) is 25.3 Å². The number of amides is 1. The van der Waals surface area contributed by atoms with Crippen molar-refractivity contribution in [1.29, 1.82) is 0 Å². The summed E-state index contributed by atoms with van der Waals surface area (Å²) in [6, 6.07) is 13.5. The Hall–Kier alpha value is -3.73. The molecule has 1 amide bonds. The van der Waals surface area contributed by atoms with E-state index < -0.39 is 18.3 Å².